The van der Waals surface area contributed by atoms with Crippen LogP contribution in [-0.4, -0.2) is 10.2 Å². The smallest absolute Gasteiger partial charge is 0.115 e. The molecule has 4 rings (SSSR count). The van der Waals surface area contributed by atoms with Gasteiger partial charge in [0, 0.05) is 22.3 Å². The lowest BCUT2D eigenvalue weighted by molar-refractivity contribution is 0.513. The van der Waals surface area contributed by atoms with Crippen LogP contribution in [-0.2, 0) is 6.42 Å². The van der Waals surface area contributed by atoms with E-state index in [4.69, 9.17) is 0 Å². The number of benzene rings is 4. The molecule has 196 valence electrons. The Morgan fingerprint density at radius 1 is 0.590 bits per heavy atom. The van der Waals surface area contributed by atoms with E-state index in [0.717, 1.165) is 57.3 Å². The number of aryl methyl sites for hydroxylation is 1. The number of unbranched alkanes of at least 4 members (excludes halogenated alkanes) is 4. The first kappa shape index (κ1) is 27.6. The van der Waals surface area contributed by atoms with Crippen molar-refractivity contribution in [2.75, 3.05) is 0 Å². The van der Waals surface area contributed by atoms with Crippen LogP contribution in [0.3, 0.4) is 0 Å². The molecule has 0 amide bonds. The minimum atomic E-state index is 0.0754. The van der Waals surface area contributed by atoms with Gasteiger partial charge in [-0.2, -0.15) is 0 Å². The van der Waals surface area contributed by atoms with Crippen LogP contribution >= 0.6 is 0 Å². The molecule has 0 bridgehead atoms. The third kappa shape index (κ3) is 7.53. The lowest BCUT2D eigenvalue weighted by atomic mass is 9.95. The molecule has 0 aromatic heterocycles. The first-order chi connectivity index (χ1) is 18.9. The van der Waals surface area contributed by atoms with Gasteiger partial charge in [0.15, 0.2) is 0 Å². The Bertz CT molecular complexity index is 1480. The molecule has 39 heavy (non-hydrogen) atoms. The molecule has 4 aromatic rings. The van der Waals surface area contributed by atoms with Crippen LogP contribution in [0.4, 0.5) is 0 Å². The number of hydrogen-bond acceptors (Lipinski definition) is 2. The normalized spacial score (nSPS) is 10.5. The maximum atomic E-state index is 9.66. The molecule has 0 atom stereocenters. The molecule has 0 aliphatic heterocycles. The minimum absolute atomic E-state index is 0.0754. The zero-order valence-electron chi connectivity index (χ0n) is 22.7. The third-order valence-corrected chi connectivity index (χ3v) is 6.98. The monoisotopic (exact) mass is 512 g/mol. The molecular weight excluding hydrogens is 476 g/mol. The molecule has 0 spiro atoms. The Hall–Kier alpha value is -4.48. The zero-order valence-corrected chi connectivity index (χ0v) is 22.7. The molecule has 2 heteroatoms. The molecule has 2 N–H and O–H groups in total. The largest absolute Gasteiger partial charge is 0.508 e. The van der Waals surface area contributed by atoms with Crippen LogP contribution in [0.5, 0.6) is 0 Å². The molecule has 0 aliphatic rings. The second-order valence-electron chi connectivity index (χ2n) is 9.91. The summed E-state index contributed by atoms with van der Waals surface area (Å²) in [6, 6.07) is 30.3. The van der Waals surface area contributed by atoms with E-state index in [1.807, 2.05) is 48.5 Å². The van der Waals surface area contributed by atoms with Crippen molar-refractivity contribution in [1.29, 1.82) is 0 Å². The highest BCUT2D eigenvalue weighted by molar-refractivity contribution is 5.70. The maximum absolute atomic E-state index is 9.66. The minimum Gasteiger partial charge on any atom is -0.508 e. The first-order valence-electron chi connectivity index (χ1n) is 13.7. The molecule has 2 nitrogen and oxygen atoms in total. The lowest BCUT2D eigenvalue weighted by Crippen LogP contribution is -1.93. The molecule has 0 fully saturated rings. The SMILES string of the molecule is C=C(O)c1ccc(-c2ccc(C#Cc3ccc(-c4ccc(C(=C)O)cc4)cc3CCCCCCC)cc2)cc1. The molecule has 0 unspecified atom stereocenters. The molecule has 0 saturated heterocycles. The van der Waals surface area contributed by atoms with Crippen LogP contribution in [0.2, 0.25) is 0 Å². The molecule has 0 heterocycles. The summed E-state index contributed by atoms with van der Waals surface area (Å²) in [5.41, 5.74) is 9.21. The summed E-state index contributed by atoms with van der Waals surface area (Å²) in [5, 5.41) is 19.2. The second-order valence-corrected chi connectivity index (χ2v) is 9.91. The van der Waals surface area contributed by atoms with Gasteiger partial charge in [-0.05, 0) is 64.9 Å². The van der Waals surface area contributed by atoms with E-state index in [1.54, 1.807) is 0 Å². The summed E-state index contributed by atoms with van der Waals surface area (Å²) >= 11 is 0. The molecule has 0 aliphatic carbocycles. The standard InChI is InChI=1S/C37H36O2/c1-4-5-6-7-8-9-36-26-37(35-22-18-31(19-23-35)28(3)39)25-24-34(36)15-12-29-10-13-32(14-11-29)33-20-16-30(17-21-33)27(2)38/h10-11,13-14,16-26,38-39H,2-9H2,1H3. The van der Waals surface area contributed by atoms with E-state index >= 15 is 0 Å². The summed E-state index contributed by atoms with van der Waals surface area (Å²) in [5.74, 6) is 6.95. The van der Waals surface area contributed by atoms with E-state index in [1.165, 1.54) is 31.2 Å². The van der Waals surface area contributed by atoms with E-state index in [2.05, 4.69) is 74.4 Å². The van der Waals surface area contributed by atoms with E-state index in [0.29, 0.717) is 0 Å². The quantitative estimate of drug-likeness (QED) is 0.126. The van der Waals surface area contributed by atoms with E-state index in [9.17, 15) is 10.2 Å². The van der Waals surface area contributed by atoms with Gasteiger partial charge in [0.2, 0.25) is 0 Å². The Morgan fingerprint density at radius 2 is 1.08 bits per heavy atom. The number of rotatable bonds is 10. The molecule has 0 radical (unpaired) electrons. The Labute approximate surface area is 233 Å². The summed E-state index contributed by atoms with van der Waals surface area (Å²) in [4.78, 5) is 0. The summed E-state index contributed by atoms with van der Waals surface area (Å²) in [6.45, 7) is 9.43. The van der Waals surface area contributed by atoms with Crippen LogP contribution in [0.1, 0.15) is 66.8 Å². The van der Waals surface area contributed by atoms with Crippen molar-refractivity contribution < 1.29 is 10.2 Å². The van der Waals surface area contributed by atoms with E-state index < -0.39 is 0 Å². The predicted molar refractivity (Wildman–Crippen MR) is 166 cm³/mol. The average Bonchev–Trinajstić information content (AvgIpc) is 2.96. The predicted octanol–water partition coefficient (Wildman–Crippen LogP) is 9.99. The van der Waals surface area contributed by atoms with Gasteiger partial charge < -0.3 is 10.2 Å². The number of hydrogen-bond donors (Lipinski definition) is 2. The van der Waals surface area contributed by atoms with Gasteiger partial charge in [0.25, 0.3) is 0 Å². The molecule has 4 aromatic carbocycles. The Balaban J connectivity index is 1.55. The number of aliphatic hydroxyl groups excluding tert-OH is 2. The van der Waals surface area contributed by atoms with Gasteiger partial charge in [-0.25, -0.2) is 0 Å². The van der Waals surface area contributed by atoms with Crippen LogP contribution in [0.15, 0.2) is 104 Å². The topological polar surface area (TPSA) is 40.5 Å². The van der Waals surface area contributed by atoms with Crippen molar-refractivity contribution in [3.63, 3.8) is 0 Å². The van der Waals surface area contributed by atoms with Gasteiger partial charge in [-0.15, -0.1) is 0 Å². The van der Waals surface area contributed by atoms with Gasteiger partial charge in [0.1, 0.15) is 11.5 Å². The fourth-order valence-electron chi connectivity index (χ4n) is 4.62. The summed E-state index contributed by atoms with van der Waals surface area (Å²) in [7, 11) is 0. The Kier molecular flexibility index (Phi) is 9.44. The highest BCUT2D eigenvalue weighted by atomic mass is 16.3. The van der Waals surface area contributed by atoms with Crippen LogP contribution < -0.4 is 0 Å². The van der Waals surface area contributed by atoms with Gasteiger partial charge in [0.05, 0.1) is 0 Å². The van der Waals surface area contributed by atoms with Crippen molar-refractivity contribution in [3.05, 3.63) is 132 Å². The number of aliphatic hydroxyl groups is 2. The van der Waals surface area contributed by atoms with Crippen molar-refractivity contribution in [3.8, 4) is 34.1 Å². The second kappa shape index (κ2) is 13.4. The van der Waals surface area contributed by atoms with Crippen molar-refractivity contribution in [1.82, 2.24) is 0 Å². The molecule has 0 saturated carbocycles. The van der Waals surface area contributed by atoms with Gasteiger partial charge in [-0.1, -0.05) is 124 Å². The maximum Gasteiger partial charge on any atom is 0.115 e. The third-order valence-electron chi connectivity index (χ3n) is 6.98. The van der Waals surface area contributed by atoms with Crippen LogP contribution in [0, 0.1) is 11.8 Å². The van der Waals surface area contributed by atoms with Crippen molar-refractivity contribution in [2.45, 2.75) is 45.4 Å². The van der Waals surface area contributed by atoms with Gasteiger partial charge in [-0.3, -0.25) is 0 Å². The lowest BCUT2D eigenvalue weighted by Gasteiger charge is -2.10. The zero-order chi connectivity index (χ0) is 27.6. The fraction of sp³-hybridized carbons (Fsp3) is 0.189. The van der Waals surface area contributed by atoms with Crippen molar-refractivity contribution >= 4 is 11.5 Å². The van der Waals surface area contributed by atoms with Crippen LogP contribution in [0.25, 0.3) is 33.8 Å². The molecular formula is C37H36O2. The average molecular weight is 513 g/mol. The summed E-state index contributed by atoms with van der Waals surface area (Å²) in [6.07, 6.45) is 7.18. The highest BCUT2D eigenvalue weighted by Crippen LogP contribution is 2.26. The van der Waals surface area contributed by atoms with Crippen molar-refractivity contribution in [2.24, 2.45) is 0 Å². The fourth-order valence-corrected chi connectivity index (χ4v) is 4.62. The van der Waals surface area contributed by atoms with E-state index in [-0.39, 0.29) is 11.5 Å². The highest BCUT2D eigenvalue weighted by Gasteiger charge is 2.06. The van der Waals surface area contributed by atoms with Gasteiger partial charge >= 0.3 is 0 Å². The Morgan fingerprint density at radius 3 is 1.62 bits per heavy atom. The first-order valence-corrected chi connectivity index (χ1v) is 13.7. The summed E-state index contributed by atoms with van der Waals surface area (Å²) < 4.78 is 0.